The molecule has 0 spiro atoms. The van der Waals surface area contributed by atoms with Crippen molar-refractivity contribution in [2.75, 3.05) is 13.4 Å². The Bertz CT molecular complexity index is 971. The fourth-order valence-corrected chi connectivity index (χ4v) is 6.10. The van der Waals surface area contributed by atoms with Crippen molar-refractivity contribution in [3.05, 3.63) is 47.4 Å². The number of rotatable bonds is 5. The van der Waals surface area contributed by atoms with Crippen molar-refractivity contribution >= 4 is 27.7 Å². The average Bonchev–Trinajstić information content (AvgIpc) is 3.33. The zero-order valence-electron chi connectivity index (χ0n) is 18.2. The van der Waals surface area contributed by atoms with Gasteiger partial charge in [0.15, 0.2) is 0 Å². The monoisotopic (exact) mass is 479 g/mol. The molecule has 33 heavy (non-hydrogen) atoms. The van der Waals surface area contributed by atoms with Gasteiger partial charge in [0, 0.05) is 0 Å². The van der Waals surface area contributed by atoms with Crippen LogP contribution in [-0.4, -0.2) is 74.0 Å². The van der Waals surface area contributed by atoms with Crippen LogP contribution >= 0.6 is 7.82 Å². The van der Waals surface area contributed by atoms with Crippen LogP contribution in [0, 0.1) is 0 Å². The fourth-order valence-electron chi connectivity index (χ4n) is 4.36. The Morgan fingerprint density at radius 2 is 2.21 bits per heavy atom. The molecule has 2 fully saturated rings. The first-order valence-corrected chi connectivity index (χ1v) is 12.9. The summed E-state index contributed by atoms with van der Waals surface area (Å²) in [4.78, 5) is 17.4. The van der Waals surface area contributed by atoms with E-state index in [1.54, 1.807) is 7.57 Å². The molecule has 12 nitrogen and oxygen atoms in total. The molecule has 0 aliphatic carbocycles. The van der Waals surface area contributed by atoms with E-state index in [2.05, 4.69) is 15.6 Å². The van der Waals surface area contributed by atoms with Crippen molar-refractivity contribution in [3.63, 3.8) is 0 Å². The summed E-state index contributed by atoms with van der Waals surface area (Å²) in [6.45, 7) is 1.18. The van der Waals surface area contributed by atoms with Gasteiger partial charge in [0.05, 0.1) is 0 Å². The number of hydrogen-bond donors (Lipinski definition) is 4. The summed E-state index contributed by atoms with van der Waals surface area (Å²) < 4.78 is 28.6. The summed E-state index contributed by atoms with van der Waals surface area (Å²) in [5.41, 5.74) is 7.90. The number of aliphatic hydroxyl groups excluding tert-OH is 1. The van der Waals surface area contributed by atoms with Crippen LogP contribution in [0.1, 0.15) is 18.7 Å². The Morgan fingerprint density at radius 1 is 1.42 bits per heavy atom. The number of nitrogens with two attached hydrogens (primary N) is 1. The van der Waals surface area contributed by atoms with E-state index in [0.717, 1.165) is 5.56 Å². The molecule has 0 aromatic heterocycles. The summed E-state index contributed by atoms with van der Waals surface area (Å²) in [5, 5.41) is 17.7. The summed E-state index contributed by atoms with van der Waals surface area (Å²) >= 11 is 0. The number of hydrogen-bond acceptors (Lipinski definition) is 12. The number of carbonyl (C=O) groups is 1. The van der Waals surface area contributed by atoms with E-state index in [1.165, 1.54) is 13.3 Å². The predicted molar refractivity (Wildman–Crippen MR) is 121 cm³/mol. The molecule has 1 aromatic rings. The summed E-state index contributed by atoms with van der Waals surface area (Å²) in [6, 6.07) is 9.77. The summed E-state index contributed by atoms with van der Waals surface area (Å²) in [6.07, 6.45) is -2.29. The van der Waals surface area contributed by atoms with Gasteiger partial charge in [-0.2, -0.15) is 0 Å². The number of fused-ring (bicyclic) bond motifs is 1. The topological polar surface area (TPSA) is 149 Å². The first-order valence-electron chi connectivity index (χ1n) is 10.7. The van der Waals surface area contributed by atoms with E-state index >= 15 is 0 Å². The first-order chi connectivity index (χ1) is 15.9. The Morgan fingerprint density at radius 3 is 2.97 bits per heavy atom. The third kappa shape index (κ3) is 4.21. The molecule has 4 unspecified atom stereocenters. The molecule has 5 rings (SSSR count). The van der Waals surface area contributed by atoms with Gasteiger partial charge < -0.3 is 0 Å². The van der Waals surface area contributed by atoms with Crippen molar-refractivity contribution in [2.45, 2.75) is 43.8 Å². The number of nitrogens with one attached hydrogen (secondary N) is 2. The second kappa shape index (κ2) is 8.84. The molecule has 14 heteroatoms. The number of esters is 1. The number of aliphatic hydroxyl groups is 1. The second-order valence-electron chi connectivity index (χ2n) is 8.21. The van der Waals surface area contributed by atoms with Gasteiger partial charge in [0.2, 0.25) is 0 Å². The Labute approximate surface area is 192 Å². The molecule has 4 aliphatic rings. The van der Waals surface area contributed by atoms with Crippen molar-refractivity contribution in [1.82, 2.24) is 15.5 Å². The van der Waals surface area contributed by atoms with E-state index in [-0.39, 0.29) is 19.6 Å². The molecule has 0 bridgehead atoms. The van der Waals surface area contributed by atoms with Gasteiger partial charge >= 0.3 is 192 Å². The quantitative estimate of drug-likeness (QED) is 0.174. The van der Waals surface area contributed by atoms with E-state index < -0.39 is 44.5 Å². The molecule has 2 saturated heterocycles. The first kappa shape index (κ1) is 22.5. The van der Waals surface area contributed by atoms with Crippen molar-refractivity contribution in [1.29, 1.82) is 0 Å². The molecule has 0 radical (unpaired) electrons. The maximum atomic E-state index is 11.3. The van der Waals surface area contributed by atoms with E-state index in [0.29, 0.717) is 11.5 Å². The van der Waals surface area contributed by atoms with Crippen molar-refractivity contribution < 1.29 is 32.9 Å². The zero-order chi connectivity index (χ0) is 23.2. The molecule has 4 heterocycles. The Balaban J connectivity index is 1.39. The SMILES string of the molecule is B[PH]1(OCOC(C)=O)OC[C@H]2OC(N3C4=C(NC3c3ccccc3)C(N)NC=N4)C(O)[C@@H]2O1. The van der Waals surface area contributed by atoms with Crippen LogP contribution in [0.25, 0.3) is 0 Å². The fraction of sp³-hybridized carbons (Fsp3) is 0.474. The van der Waals surface area contributed by atoms with Gasteiger partial charge in [-0.1, -0.05) is 0 Å². The Hall–Kier alpha value is -2.25. The van der Waals surface area contributed by atoms with E-state index in [1.807, 2.05) is 35.2 Å². The van der Waals surface area contributed by atoms with Crippen LogP contribution in [0.2, 0.25) is 0 Å². The number of benzene rings is 1. The predicted octanol–water partition coefficient (Wildman–Crippen LogP) is -1.24. The van der Waals surface area contributed by atoms with E-state index in [4.69, 9.17) is 28.8 Å². The van der Waals surface area contributed by atoms with Gasteiger partial charge in [-0.3, -0.25) is 0 Å². The molecule has 4 aliphatic heterocycles. The third-order valence-corrected chi connectivity index (χ3v) is 7.98. The number of aliphatic imine (C=N–C) groups is 1. The molecule has 6 atom stereocenters. The van der Waals surface area contributed by atoms with Gasteiger partial charge in [0.1, 0.15) is 0 Å². The van der Waals surface area contributed by atoms with Crippen LogP contribution in [0.15, 0.2) is 46.8 Å². The Kier molecular flexibility index (Phi) is 6.04. The second-order valence-corrected chi connectivity index (χ2v) is 10.8. The molecule has 0 amide bonds. The van der Waals surface area contributed by atoms with Gasteiger partial charge in [-0.15, -0.1) is 0 Å². The normalized spacial score (nSPS) is 35.3. The molecular formula is C19H27BN5O7P. The third-order valence-electron chi connectivity index (χ3n) is 5.95. The summed E-state index contributed by atoms with van der Waals surface area (Å²) in [7, 11) is -1.46. The minimum absolute atomic E-state index is 0.175. The minimum atomic E-state index is -3.15. The standard InChI is InChI=1S/C19H27BN5O7P/c1-10(26)28-9-30-33(20)29-7-12-15(32-33)14(27)19(31-12)25-17(11-5-3-2-4-6-11)24-13-16(21)22-8-23-18(13)25/h2-6,8,12,14-17,19,24,27,33H,7,9,20-21H2,1H3,(H,22,23)/t12-,14?,15-,16?,17?,19?/m1/s1. The molecule has 5 N–H and O–H groups in total. The number of ether oxygens (including phenoxy) is 2. The van der Waals surface area contributed by atoms with Gasteiger partial charge in [-0.25, -0.2) is 0 Å². The molecule has 1 aromatic carbocycles. The number of carbonyl (C=O) groups excluding carboxylic acids is 1. The van der Waals surface area contributed by atoms with Gasteiger partial charge in [0.25, 0.3) is 0 Å². The van der Waals surface area contributed by atoms with Crippen LogP contribution in [0.5, 0.6) is 0 Å². The number of nitrogens with zero attached hydrogens (tertiary/aromatic N) is 2. The maximum absolute atomic E-state index is 11.3. The average molecular weight is 479 g/mol. The molecular weight excluding hydrogens is 452 g/mol. The van der Waals surface area contributed by atoms with Crippen LogP contribution in [0.4, 0.5) is 0 Å². The van der Waals surface area contributed by atoms with Gasteiger partial charge in [-0.05, 0) is 0 Å². The van der Waals surface area contributed by atoms with Crippen LogP contribution < -0.4 is 16.4 Å². The van der Waals surface area contributed by atoms with Crippen molar-refractivity contribution in [2.24, 2.45) is 10.7 Å². The zero-order valence-corrected chi connectivity index (χ0v) is 19.2. The van der Waals surface area contributed by atoms with Crippen LogP contribution in [0.3, 0.4) is 0 Å². The summed E-state index contributed by atoms with van der Waals surface area (Å²) in [5.74, 6) is 0.119. The molecule has 0 saturated carbocycles. The van der Waals surface area contributed by atoms with Crippen molar-refractivity contribution in [3.8, 4) is 0 Å². The molecule has 178 valence electrons. The van der Waals surface area contributed by atoms with E-state index in [9.17, 15) is 9.90 Å². The van der Waals surface area contributed by atoms with Crippen LogP contribution in [-0.2, 0) is 27.8 Å².